The average Bonchev–Trinajstić information content (AvgIpc) is 2.80. The number of nitrogens with zero attached hydrogens (tertiary/aromatic N) is 2. The molecule has 142 valence electrons. The van der Waals surface area contributed by atoms with Gasteiger partial charge in [-0.25, -0.2) is 8.42 Å². The van der Waals surface area contributed by atoms with Crippen molar-refractivity contribution in [3.8, 4) is 0 Å². The Hall–Kier alpha value is -2.45. The van der Waals surface area contributed by atoms with Crippen molar-refractivity contribution in [3.63, 3.8) is 0 Å². The lowest BCUT2D eigenvalue weighted by Gasteiger charge is -2.20. The summed E-state index contributed by atoms with van der Waals surface area (Å²) in [7, 11) is -3.41. The summed E-state index contributed by atoms with van der Waals surface area (Å²) in [6.07, 6.45) is 0.272. The summed E-state index contributed by atoms with van der Waals surface area (Å²) < 4.78 is 25.3. The van der Waals surface area contributed by atoms with Crippen LogP contribution in [0.25, 0.3) is 0 Å². The van der Waals surface area contributed by atoms with Crippen molar-refractivity contribution in [1.29, 1.82) is 0 Å². The molecule has 7 nitrogen and oxygen atoms in total. The van der Waals surface area contributed by atoms with E-state index in [1.165, 1.54) is 17.0 Å². The van der Waals surface area contributed by atoms with Crippen LogP contribution >= 0.6 is 11.6 Å². The van der Waals surface area contributed by atoms with Gasteiger partial charge < -0.3 is 4.90 Å². The number of nitro benzene ring substituents is 1. The maximum atomic E-state index is 12.8. The van der Waals surface area contributed by atoms with Gasteiger partial charge in [-0.05, 0) is 24.1 Å². The highest BCUT2D eigenvalue weighted by Gasteiger charge is 2.33. The second kappa shape index (κ2) is 7.66. The molecule has 0 bridgehead atoms. The molecule has 1 atom stereocenters. The second-order valence-corrected chi connectivity index (χ2v) is 8.98. The molecule has 0 aliphatic carbocycles. The number of sulfone groups is 1. The third-order valence-corrected chi connectivity index (χ3v) is 7.03. The molecular formula is C18H17ClN2O5S. The second-order valence-electron chi connectivity index (χ2n) is 6.27. The first-order chi connectivity index (χ1) is 12.8. The summed E-state index contributed by atoms with van der Waals surface area (Å²) in [5.74, 6) is -0.604. The van der Waals surface area contributed by atoms with E-state index in [0.717, 1.165) is 6.07 Å². The fourth-order valence-corrected chi connectivity index (χ4v) is 5.14. The van der Waals surface area contributed by atoms with Gasteiger partial charge in [0, 0.05) is 24.7 Å². The van der Waals surface area contributed by atoms with Crippen LogP contribution in [0, 0.1) is 10.1 Å². The van der Waals surface area contributed by atoms with Crippen LogP contribution in [0.4, 0.5) is 5.69 Å². The standard InChI is InChI=1S/C18H17ClN2O5S/c19-15-7-6-14(12-16(15)21(23)24)18(22)20-9-8-17(27(25,26)11-10-20)13-4-2-1-3-5-13/h1-7,12,17H,8-11H2. The quantitative estimate of drug-likeness (QED) is 0.573. The first-order valence-corrected chi connectivity index (χ1v) is 10.4. The molecule has 2 aromatic rings. The summed E-state index contributed by atoms with van der Waals surface area (Å²) in [6, 6.07) is 12.7. The molecular weight excluding hydrogens is 392 g/mol. The van der Waals surface area contributed by atoms with Crippen LogP contribution in [-0.4, -0.2) is 43.0 Å². The zero-order valence-electron chi connectivity index (χ0n) is 14.2. The van der Waals surface area contributed by atoms with Crippen molar-refractivity contribution in [2.24, 2.45) is 0 Å². The zero-order chi connectivity index (χ0) is 19.6. The Morgan fingerprint density at radius 2 is 1.85 bits per heavy atom. The van der Waals surface area contributed by atoms with Gasteiger partial charge in [-0.1, -0.05) is 41.9 Å². The van der Waals surface area contributed by atoms with E-state index in [1.54, 1.807) is 24.3 Å². The lowest BCUT2D eigenvalue weighted by molar-refractivity contribution is -0.384. The molecule has 1 fully saturated rings. The van der Waals surface area contributed by atoms with E-state index in [1.807, 2.05) is 6.07 Å². The molecule has 0 aromatic heterocycles. The van der Waals surface area contributed by atoms with Gasteiger partial charge in [-0.2, -0.15) is 0 Å². The molecule has 27 heavy (non-hydrogen) atoms. The first kappa shape index (κ1) is 19.3. The largest absolute Gasteiger partial charge is 0.338 e. The number of hydrogen-bond acceptors (Lipinski definition) is 5. The Labute approximate surface area is 161 Å². The first-order valence-electron chi connectivity index (χ1n) is 8.29. The van der Waals surface area contributed by atoms with Gasteiger partial charge in [0.1, 0.15) is 5.02 Å². The molecule has 1 unspecified atom stereocenters. The minimum atomic E-state index is -3.41. The normalized spacial score (nSPS) is 19.3. The number of halogens is 1. The molecule has 0 N–H and O–H groups in total. The highest BCUT2D eigenvalue weighted by molar-refractivity contribution is 7.91. The topological polar surface area (TPSA) is 97.6 Å². The van der Waals surface area contributed by atoms with E-state index in [4.69, 9.17) is 11.6 Å². The van der Waals surface area contributed by atoms with Gasteiger partial charge in [0.15, 0.2) is 9.84 Å². The number of carbonyl (C=O) groups excluding carboxylic acids is 1. The van der Waals surface area contributed by atoms with Crippen LogP contribution in [0.15, 0.2) is 48.5 Å². The van der Waals surface area contributed by atoms with Crippen LogP contribution in [0.1, 0.15) is 27.6 Å². The Kier molecular flexibility index (Phi) is 5.48. The van der Waals surface area contributed by atoms with Crippen LogP contribution in [0.5, 0.6) is 0 Å². The van der Waals surface area contributed by atoms with Crippen LogP contribution in [0.2, 0.25) is 5.02 Å². The monoisotopic (exact) mass is 408 g/mol. The van der Waals surface area contributed by atoms with E-state index >= 15 is 0 Å². The van der Waals surface area contributed by atoms with Gasteiger partial charge in [0.25, 0.3) is 11.6 Å². The SMILES string of the molecule is O=C(c1ccc(Cl)c([N+](=O)[O-])c1)N1CCC(c2ccccc2)S(=O)(=O)CC1. The summed E-state index contributed by atoms with van der Waals surface area (Å²) in [6.45, 7) is 0.287. The Morgan fingerprint density at radius 3 is 2.52 bits per heavy atom. The Morgan fingerprint density at radius 1 is 1.15 bits per heavy atom. The predicted octanol–water partition coefficient (Wildman–Crippen LogP) is 3.25. The maximum absolute atomic E-state index is 12.8. The van der Waals surface area contributed by atoms with E-state index in [-0.39, 0.29) is 41.5 Å². The van der Waals surface area contributed by atoms with Crippen molar-refractivity contribution < 1.29 is 18.1 Å². The van der Waals surface area contributed by atoms with E-state index in [2.05, 4.69) is 0 Å². The molecule has 1 amide bonds. The van der Waals surface area contributed by atoms with Crippen molar-refractivity contribution in [3.05, 3.63) is 74.8 Å². The van der Waals surface area contributed by atoms with Gasteiger partial charge in [0.05, 0.1) is 15.9 Å². The summed E-state index contributed by atoms with van der Waals surface area (Å²) in [5, 5.41) is 10.3. The summed E-state index contributed by atoms with van der Waals surface area (Å²) >= 11 is 5.79. The maximum Gasteiger partial charge on any atom is 0.288 e. The Bertz CT molecular complexity index is 979. The molecule has 1 aliphatic heterocycles. The minimum absolute atomic E-state index is 0.0426. The van der Waals surface area contributed by atoms with Crippen molar-refractivity contribution in [2.45, 2.75) is 11.7 Å². The molecule has 0 saturated carbocycles. The van der Waals surface area contributed by atoms with Crippen molar-refractivity contribution in [1.82, 2.24) is 4.90 Å². The predicted molar refractivity (Wildman–Crippen MR) is 102 cm³/mol. The fraction of sp³-hybridized carbons (Fsp3) is 0.278. The number of rotatable bonds is 3. The molecule has 9 heteroatoms. The highest BCUT2D eigenvalue weighted by atomic mass is 35.5. The molecule has 1 heterocycles. The molecule has 1 aliphatic rings. The number of benzene rings is 2. The Balaban J connectivity index is 1.84. The lowest BCUT2D eigenvalue weighted by Crippen LogP contribution is -2.33. The number of carbonyl (C=O) groups is 1. The zero-order valence-corrected chi connectivity index (χ0v) is 15.8. The van der Waals surface area contributed by atoms with Gasteiger partial charge in [-0.3, -0.25) is 14.9 Å². The van der Waals surface area contributed by atoms with Crippen molar-refractivity contribution in [2.75, 3.05) is 18.8 Å². The van der Waals surface area contributed by atoms with E-state index < -0.39 is 25.9 Å². The van der Waals surface area contributed by atoms with Gasteiger partial charge in [0.2, 0.25) is 0 Å². The van der Waals surface area contributed by atoms with Gasteiger partial charge in [-0.15, -0.1) is 0 Å². The highest BCUT2D eigenvalue weighted by Crippen LogP contribution is 2.30. The minimum Gasteiger partial charge on any atom is -0.338 e. The summed E-state index contributed by atoms with van der Waals surface area (Å²) in [5.41, 5.74) is 0.461. The molecule has 1 saturated heterocycles. The smallest absolute Gasteiger partial charge is 0.288 e. The number of amides is 1. The molecule has 0 spiro atoms. The molecule has 3 rings (SSSR count). The van der Waals surface area contributed by atoms with Crippen LogP contribution in [0.3, 0.4) is 0 Å². The fourth-order valence-electron chi connectivity index (χ4n) is 3.16. The number of hydrogen-bond donors (Lipinski definition) is 0. The average molecular weight is 409 g/mol. The van der Waals surface area contributed by atoms with E-state index in [0.29, 0.717) is 5.56 Å². The summed E-state index contributed by atoms with van der Waals surface area (Å²) in [4.78, 5) is 24.6. The third-order valence-electron chi connectivity index (χ3n) is 4.59. The van der Waals surface area contributed by atoms with E-state index in [9.17, 15) is 23.3 Å². The lowest BCUT2D eigenvalue weighted by atomic mass is 10.1. The molecule has 0 radical (unpaired) electrons. The van der Waals surface area contributed by atoms with Crippen LogP contribution < -0.4 is 0 Å². The molecule has 2 aromatic carbocycles. The third kappa shape index (κ3) is 4.12. The van der Waals surface area contributed by atoms with Crippen LogP contribution in [-0.2, 0) is 9.84 Å². The number of nitro groups is 1. The van der Waals surface area contributed by atoms with Gasteiger partial charge >= 0.3 is 0 Å². The van der Waals surface area contributed by atoms with Crippen molar-refractivity contribution >= 4 is 33.0 Å².